The summed E-state index contributed by atoms with van der Waals surface area (Å²) in [5.74, 6) is 1.18. The van der Waals surface area contributed by atoms with Gasteiger partial charge < -0.3 is 20.5 Å². The lowest BCUT2D eigenvalue weighted by molar-refractivity contribution is -0.249. The number of carbonyl (C=O) groups excluding carboxylic acids is 3. The van der Waals surface area contributed by atoms with E-state index in [0.717, 1.165) is 96.6 Å². The molecule has 0 aromatic carbocycles. The number of carboxylic acid groups (broad SMARTS) is 1. The van der Waals surface area contributed by atoms with Crippen LogP contribution in [0.2, 0.25) is 0 Å². The molecular formula is C47H78N2O6. The summed E-state index contributed by atoms with van der Waals surface area (Å²) in [7, 11) is 0. The van der Waals surface area contributed by atoms with E-state index in [9.17, 15) is 24.3 Å². The molecule has 3 N–H and O–H groups in total. The minimum atomic E-state index is -1.15. The van der Waals surface area contributed by atoms with Crippen molar-refractivity contribution in [1.82, 2.24) is 10.6 Å². The Bertz CT molecular complexity index is 1450. The number of hydrogen-bond donors (Lipinski definition) is 3. The van der Waals surface area contributed by atoms with Crippen LogP contribution in [0.1, 0.15) is 178 Å². The van der Waals surface area contributed by atoms with Gasteiger partial charge in [-0.2, -0.15) is 0 Å². The standard InChI is InChI=1S/C47H78N2O6/c1-31(2)33-20-25-47(40(52)49-29-17-15-13-11-12-14-16-28-48-32(3)50)27-26-45(9)34(39(33)47)18-19-36-44(8)23-22-37(55-38(51)30-42(4,5)41(53)54)43(6,7)35(44)21-24-46(36,45)10/h33-37,39H,1,11-30H2,2-10H3,(H,48,50)(H,49,52)(H,53,54)/t33-,34+,35-,36+,37-,39+,44-,45+,46+,47-/m0/s1. The summed E-state index contributed by atoms with van der Waals surface area (Å²) < 4.78 is 6.18. The summed E-state index contributed by atoms with van der Waals surface area (Å²) in [4.78, 5) is 50.4. The smallest absolute Gasteiger partial charge is 0.309 e. The van der Waals surface area contributed by atoms with E-state index in [1.807, 2.05) is 0 Å². The number of unbranched alkanes of at least 4 members (excludes halogenated alkanes) is 6. The first-order chi connectivity index (χ1) is 25.7. The monoisotopic (exact) mass is 767 g/mol. The van der Waals surface area contributed by atoms with Crippen molar-refractivity contribution in [3.8, 4) is 0 Å². The number of amides is 2. The number of carbonyl (C=O) groups is 4. The second-order valence-electron chi connectivity index (χ2n) is 21.3. The molecule has 2 amide bonds. The van der Waals surface area contributed by atoms with Gasteiger partial charge in [-0.25, -0.2) is 0 Å². The lowest BCUT2D eigenvalue weighted by Gasteiger charge is -2.72. The van der Waals surface area contributed by atoms with Crippen molar-refractivity contribution in [3.05, 3.63) is 12.2 Å². The Morgan fingerprint density at radius 2 is 1.35 bits per heavy atom. The van der Waals surface area contributed by atoms with E-state index in [4.69, 9.17) is 4.74 Å². The van der Waals surface area contributed by atoms with E-state index in [-0.39, 0.29) is 45.5 Å². The molecule has 0 aromatic rings. The molecule has 0 spiro atoms. The van der Waals surface area contributed by atoms with Gasteiger partial charge in [0.1, 0.15) is 6.10 Å². The van der Waals surface area contributed by atoms with Crippen LogP contribution in [0.4, 0.5) is 0 Å². The summed E-state index contributed by atoms with van der Waals surface area (Å²) in [5.41, 5.74) is 0.00476. The highest BCUT2D eigenvalue weighted by Crippen LogP contribution is 2.77. The molecule has 8 heteroatoms. The number of nitrogens with one attached hydrogen (secondary N) is 2. The van der Waals surface area contributed by atoms with Crippen LogP contribution in [-0.4, -0.2) is 48.1 Å². The molecule has 0 saturated heterocycles. The van der Waals surface area contributed by atoms with Crippen LogP contribution >= 0.6 is 0 Å². The highest BCUT2D eigenvalue weighted by Gasteiger charge is 2.72. The largest absolute Gasteiger partial charge is 0.481 e. The summed E-state index contributed by atoms with van der Waals surface area (Å²) in [6.45, 7) is 25.4. The third kappa shape index (κ3) is 8.05. The van der Waals surface area contributed by atoms with Crippen LogP contribution in [0.15, 0.2) is 12.2 Å². The van der Waals surface area contributed by atoms with Gasteiger partial charge in [0.2, 0.25) is 11.8 Å². The Labute approximate surface area is 333 Å². The van der Waals surface area contributed by atoms with Gasteiger partial charge in [-0.1, -0.05) is 78.9 Å². The van der Waals surface area contributed by atoms with E-state index in [2.05, 4.69) is 58.8 Å². The van der Waals surface area contributed by atoms with Gasteiger partial charge in [0.25, 0.3) is 0 Å². The van der Waals surface area contributed by atoms with Crippen LogP contribution in [0.25, 0.3) is 0 Å². The molecule has 0 heterocycles. The number of ether oxygens (including phenoxy) is 1. The maximum Gasteiger partial charge on any atom is 0.309 e. The van der Waals surface area contributed by atoms with Crippen LogP contribution in [0.5, 0.6) is 0 Å². The first-order valence-corrected chi connectivity index (χ1v) is 22.3. The van der Waals surface area contributed by atoms with Crippen LogP contribution in [0, 0.1) is 62.1 Å². The summed E-state index contributed by atoms with van der Waals surface area (Å²) in [6, 6.07) is 0. The van der Waals surface area contributed by atoms with E-state index >= 15 is 0 Å². The fourth-order valence-corrected chi connectivity index (χ4v) is 14.1. The molecule has 0 radical (unpaired) electrons. The average Bonchev–Trinajstić information content (AvgIpc) is 3.50. The normalized spacial score (nSPS) is 37.7. The quantitative estimate of drug-likeness (QED) is 0.0817. The minimum Gasteiger partial charge on any atom is -0.481 e. The van der Waals surface area contributed by atoms with Crippen LogP contribution in [-0.2, 0) is 23.9 Å². The van der Waals surface area contributed by atoms with Gasteiger partial charge in [0, 0.05) is 25.4 Å². The zero-order valence-corrected chi connectivity index (χ0v) is 36.3. The fourth-order valence-electron chi connectivity index (χ4n) is 14.1. The van der Waals surface area contributed by atoms with Gasteiger partial charge in [-0.3, -0.25) is 19.2 Å². The maximum atomic E-state index is 14.5. The van der Waals surface area contributed by atoms with Crippen molar-refractivity contribution in [2.45, 2.75) is 184 Å². The molecule has 5 fully saturated rings. The van der Waals surface area contributed by atoms with Crippen molar-refractivity contribution < 1.29 is 29.0 Å². The molecule has 10 atom stereocenters. The molecule has 0 aromatic heterocycles. The van der Waals surface area contributed by atoms with E-state index in [1.54, 1.807) is 20.8 Å². The molecule has 5 saturated carbocycles. The van der Waals surface area contributed by atoms with Crippen molar-refractivity contribution in [3.63, 3.8) is 0 Å². The molecule has 5 aliphatic carbocycles. The highest BCUT2D eigenvalue weighted by atomic mass is 16.5. The average molecular weight is 767 g/mol. The third-order valence-corrected chi connectivity index (χ3v) is 17.4. The second kappa shape index (κ2) is 16.5. The van der Waals surface area contributed by atoms with Crippen molar-refractivity contribution >= 4 is 23.8 Å². The summed E-state index contributed by atoms with van der Waals surface area (Å²) >= 11 is 0. The van der Waals surface area contributed by atoms with E-state index < -0.39 is 17.4 Å². The Morgan fingerprint density at radius 1 is 0.727 bits per heavy atom. The molecule has 8 nitrogen and oxygen atoms in total. The van der Waals surface area contributed by atoms with Gasteiger partial charge in [0.15, 0.2) is 0 Å². The molecule has 312 valence electrons. The van der Waals surface area contributed by atoms with Gasteiger partial charge in [0.05, 0.1) is 17.3 Å². The number of fused-ring (bicyclic) bond motifs is 7. The summed E-state index contributed by atoms with van der Waals surface area (Å²) in [6.07, 6.45) is 18.2. The third-order valence-electron chi connectivity index (χ3n) is 17.4. The summed E-state index contributed by atoms with van der Waals surface area (Å²) in [5, 5.41) is 16.0. The lowest BCUT2D eigenvalue weighted by Crippen LogP contribution is -2.67. The van der Waals surface area contributed by atoms with E-state index in [1.165, 1.54) is 31.3 Å². The first-order valence-electron chi connectivity index (χ1n) is 22.3. The van der Waals surface area contributed by atoms with Crippen LogP contribution in [0.3, 0.4) is 0 Å². The number of allylic oxidation sites excluding steroid dienone is 1. The molecule has 55 heavy (non-hydrogen) atoms. The number of aliphatic carboxylic acids is 1. The van der Waals surface area contributed by atoms with Crippen molar-refractivity contribution in [2.75, 3.05) is 13.1 Å². The molecular weight excluding hydrogens is 689 g/mol. The zero-order chi connectivity index (χ0) is 40.6. The molecule has 0 bridgehead atoms. The number of hydrogen-bond acceptors (Lipinski definition) is 5. The Balaban J connectivity index is 1.25. The lowest BCUT2D eigenvalue weighted by atomic mass is 9.32. The first kappa shape index (κ1) is 43.7. The number of rotatable bonds is 16. The van der Waals surface area contributed by atoms with E-state index in [0.29, 0.717) is 35.5 Å². The van der Waals surface area contributed by atoms with Crippen molar-refractivity contribution in [1.29, 1.82) is 0 Å². The molecule has 5 rings (SSSR count). The van der Waals surface area contributed by atoms with Crippen molar-refractivity contribution in [2.24, 2.45) is 62.1 Å². The zero-order valence-electron chi connectivity index (χ0n) is 36.3. The maximum absolute atomic E-state index is 14.5. The highest BCUT2D eigenvalue weighted by molar-refractivity contribution is 5.84. The minimum absolute atomic E-state index is 0.0469. The fraction of sp³-hybridized carbons (Fsp3) is 0.872. The Kier molecular flexibility index (Phi) is 13.1. The SMILES string of the molecule is C=C(C)[C@@H]1CC[C@]2(C(=O)NCCCCCCCCCNC(C)=O)CC[C@]3(C)[C@H](CC[C@@H]4[C@@]5(C)CC[C@H](OC(=O)CC(C)(C)C(=O)O)C(C)(C)[C@@H]5CC[C@]43C)[C@@H]12. The second-order valence-corrected chi connectivity index (χ2v) is 21.3. The molecule has 5 aliphatic rings. The molecule has 0 aliphatic heterocycles. The molecule has 0 unspecified atom stereocenters. The Hall–Kier alpha value is -2.38. The number of esters is 1. The van der Waals surface area contributed by atoms with Gasteiger partial charge in [-0.15, -0.1) is 0 Å². The van der Waals surface area contributed by atoms with Gasteiger partial charge in [-0.05, 0) is 144 Å². The predicted octanol–water partition coefficient (Wildman–Crippen LogP) is 10.0. The van der Waals surface area contributed by atoms with Gasteiger partial charge >= 0.3 is 11.9 Å². The van der Waals surface area contributed by atoms with Crippen LogP contribution < -0.4 is 10.6 Å². The predicted molar refractivity (Wildman–Crippen MR) is 219 cm³/mol. The number of carboxylic acids is 1. The topological polar surface area (TPSA) is 122 Å². The Morgan fingerprint density at radius 3 is 1.95 bits per heavy atom.